The minimum Gasteiger partial charge on any atom is -0.322 e. The lowest BCUT2D eigenvalue weighted by Crippen LogP contribution is -2.38. The number of carbonyl (C=O) groups is 3. The van der Waals surface area contributed by atoms with Crippen molar-refractivity contribution in [3.8, 4) is 0 Å². The van der Waals surface area contributed by atoms with Crippen LogP contribution in [0.25, 0.3) is 0 Å². The summed E-state index contributed by atoms with van der Waals surface area (Å²) in [6.07, 6.45) is 0.554. The molecule has 2 aliphatic heterocycles. The Morgan fingerprint density at radius 1 is 1.38 bits per heavy atom. The molecule has 1 fully saturated rings. The van der Waals surface area contributed by atoms with Crippen LogP contribution in [-0.4, -0.2) is 54.3 Å². The molecule has 24 heavy (non-hydrogen) atoms. The maximum Gasteiger partial charge on any atom is 0.327 e. The first-order chi connectivity index (χ1) is 11.0. The molecule has 2 heterocycles. The van der Waals surface area contributed by atoms with Gasteiger partial charge in [-0.1, -0.05) is 6.07 Å². The van der Waals surface area contributed by atoms with Gasteiger partial charge in [-0.05, 0) is 30.2 Å². The van der Waals surface area contributed by atoms with Gasteiger partial charge in [-0.3, -0.25) is 14.5 Å². The van der Waals surface area contributed by atoms with Crippen LogP contribution in [0.3, 0.4) is 0 Å². The summed E-state index contributed by atoms with van der Waals surface area (Å²) >= 11 is 0. The van der Waals surface area contributed by atoms with Gasteiger partial charge >= 0.3 is 6.03 Å². The van der Waals surface area contributed by atoms with Gasteiger partial charge in [0.25, 0.3) is 5.91 Å². The molecule has 7 nitrogen and oxygen atoms in total. The van der Waals surface area contributed by atoms with Crippen LogP contribution in [-0.2, 0) is 22.6 Å². The molecule has 0 atom stereocenters. The average Bonchev–Trinajstić information content (AvgIpc) is 2.77. The zero-order valence-corrected chi connectivity index (χ0v) is 13.9. The summed E-state index contributed by atoms with van der Waals surface area (Å²) < 4.78 is 14.4. The number of likely N-dealkylation sites (N-methyl/N-ethyl adjacent to an activating group) is 1. The minimum atomic E-state index is -0.602. The number of imide groups is 1. The van der Waals surface area contributed by atoms with E-state index in [-0.39, 0.29) is 24.6 Å². The highest BCUT2D eigenvalue weighted by Crippen LogP contribution is 2.24. The number of rotatable bonds is 3. The van der Waals surface area contributed by atoms with Gasteiger partial charge in [0, 0.05) is 13.6 Å². The summed E-state index contributed by atoms with van der Waals surface area (Å²) in [5.74, 6) is -1.49. The second-order valence-electron chi connectivity index (χ2n) is 5.66. The third-order valence-electron chi connectivity index (χ3n) is 4.01. The zero-order valence-electron chi connectivity index (χ0n) is 13.1. The first-order valence-corrected chi connectivity index (χ1v) is 7.33. The van der Waals surface area contributed by atoms with Crippen molar-refractivity contribution in [2.75, 3.05) is 32.0 Å². The number of urea groups is 1. The Hall–Kier alpha value is -2.19. The maximum atomic E-state index is 14.4. The van der Waals surface area contributed by atoms with Crippen molar-refractivity contribution >= 4 is 35.9 Å². The van der Waals surface area contributed by atoms with Crippen molar-refractivity contribution in [1.82, 2.24) is 15.1 Å². The molecular weight excluding hydrogens is 339 g/mol. The van der Waals surface area contributed by atoms with E-state index in [4.69, 9.17) is 0 Å². The Morgan fingerprint density at radius 2 is 2.12 bits per heavy atom. The molecule has 0 bridgehead atoms. The topological polar surface area (TPSA) is 81.8 Å². The quantitative estimate of drug-likeness (QED) is 0.782. The van der Waals surface area contributed by atoms with Crippen molar-refractivity contribution < 1.29 is 18.8 Å². The van der Waals surface area contributed by atoms with Crippen LogP contribution in [0.2, 0.25) is 0 Å². The SMILES string of the molecule is CN1CC(=O)N(CC(=O)Nc2ccc3c(c2F)CCNC3)C1=O.Cl. The Labute approximate surface area is 144 Å². The summed E-state index contributed by atoms with van der Waals surface area (Å²) in [5, 5.41) is 5.59. The Bertz CT molecular complexity index is 698. The van der Waals surface area contributed by atoms with Crippen LogP contribution < -0.4 is 10.6 Å². The number of halogens is 2. The molecule has 2 aliphatic rings. The standard InChI is InChI=1S/C15H17FN4O3.ClH/c1-19-8-13(22)20(15(19)23)7-12(21)18-11-3-2-9-6-17-5-4-10(9)14(11)16;/h2-3,17H,4-8H2,1H3,(H,18,21);1H. The lowest BCUT2D eigenvalue weighted by atomic mass is 9.99. The fourth-order valence-corrected chi connectivity index (χ4v) is 2.79. The van der Waals surface area contributed by atoms with Gasteiger partial charge in [0.1, 0.15) is 18.9 Å². The van der Waals surface area contributed by atoms with Crippen LogP contribution in [0.1, 0.15) is 11.1 Å². The highest BCUT2D eigenvalue weighted by Gasteiger charge is 2.34. The summed E-state index contributed by atoms with van der Waals surface area (Å²) in [6, 6.07) is 2.74. The Balaban J connectivity index is 0.00000208. The van der Waals surface area contributed by atoms with Crippen molar-refractivity contribution in [3.63, 3.8) is 0 Å². The summed E-state index contributed by atoms with van der Waals surface area (Å²) in [7, 11) is 1.48. The third kappa shape index (κ3) is 3.34. The first kappa shape index (κ1) is 18.2. The molecule has 1 saturated heterocycles. The van der Waals surface area contributed by atoms with Crippen LogP contribution in [0, 0.1) is 5.82 Å². The van der Waals surface area contributed by atoms with E-state index in [0.29, 0.717) is 25.1 Å². The zero-order chi connectivity index (χ0) is 16.6. The summed E-state index contributed by atoms with van der Waals surface area (Å²) in [4.78, 5) is 37.5. The largest absolute Gasteiger partial charge is 0.327 e. The molecule has 0 saturated carbocycles. The van der Waals surface area contributed by atoms with Crippen LogP contribution in [0.5, 0.6) is 0 Å². The van der Waals surface area contributed by atoms with Crippen LogP contribution >= 0.6 is 12.4 Å². The number of amides is 4. The number of nitrogens with zero attached hydrogens (tertiary/aromatic N) is 2. The molecule has 130 valence electrons. The second kappa shape index (κ2) is 7.14. The van der Waals surface area contributed by atoms with E-state index >= 15 is 0 Å². The van der Waals surface area contributed by atoms with Gasteiger partial charge in [0.15, 0.2) is 0 Å². The van der Waals surface area contributed by atoms with Crippen LogP contribution in [0.15, 0.2) is 12.1 Å². The molecule has 0 spiro atoms. The predicted octanol–water partition coefficient (Wildman–Crippen LogP) is 0.726. The van der Waals surface area contributed by atoms with Crippen LogP contribution in [0.4, 0.5) is 14.9 Å². The molecule has 3 rings (SSSR count). The normalized spacial score (nSPS) is 16.8. The Morgan fingerprint density at radius 3 is 2.79 bits per heavy atom. The smallest absolute Gasteiger partial charge is 0.322 e. The van der Waals surface area contributed by atoms with Gasteiger partial charge in [-0.15, -0.1) is 12.4 Å². The monoisotopic (exact) mass is 356 g/mol. The van der Waals surface area contributed by atoms with Gasteiger partial charge in [-0.2, -0.15) is 0 Å². The fraction of sp³-hybridized carbons (Fsp3) is 0.400. The van der Waals surface area contributed by atoms with E-state index in [9.17, 15) is 18.8 Å². The highest BCUT2D eigenvalue weighted by molar-refractivity contribution is 6.06. The van der Waals surface area contributed by atoms with E-state index in [1.54, 1.807) is 6.07 Å². The molecular formula is C15H18ClFN4O3. The minimum absolute atomic E-state index is 0. The number of benzene rings is 1. The van der Waals surface area contributed by atoms with E-state index in [0.717, 1.165) is 10.5 Å². The molecule has 2 N–H and O–H groups in total. The molecule has 9 heteroatoms. The van der Waals surface area contributed by atoms with E-state index in [1.165, 1.54) is 18.0 Å². The van der Waals surface area contributed by atoms with Gasteiger partial charge < -0.3 is 15.5 Å². The summed E-state index contributed by atoms with van der Waals surface area (Å²) in [5.41, 5.74) is 1.54. The fourth-order valence-electron chi connectivity index (χ4n) is 2.79. The number of anilines is 1. The predicted molar refractivity (Wildman–Crippen MR) is 87.4 cm³/mol. The highest BCUT2D eigenvalue weighted by atomic mass is 35.5. The molecule has 4 amide bonds. The lowest BCUT2D eigenvalue weighted by molar-refractivity contribution is -0.129. The Kier molecular flexibility index (Phi) is 5.40. The number of fused-ring (bicyclic) bond motifs is 1. The molecule has 1 aromatic carbocycles. The number of nitrogens with one attached hydrogen (secondary N) is 2. The van der Waals surface area contributed by atoms with E-state index in [2.05, 4.69) is 10.6 Å². The lowest BCUT2D eigenvalue weighted by Gasteiger charge is -2.20. The summed E-state index contributed by atoms with van der Waals surface area (Å²) in [6.45, 7) is 0.820. The number of hydrogen-bond donors (Lipinski definition) is 2. The molecule has 1 aromatic rings. The average molecular weight is 357 g/mol. The molecule has 0 radical (unpaired) electrons. The van der Waals surface area contributed by atoms with E-state index < -0.39 is 30.2 Å². The van der Waals surface area contributed by atoms with Gasteiger partial charge in [0.2, 0.25) is 5.91 Å². The van der Waals surface area contributed by atoms with Gasteiger partial charge in [0.05, 0.1) is 5.69 Å². The van der Waals surface area contributed by atoms with Crippen molar-refractivity contribution in [1.29, 1.82) is 0 Å². The first-order valence-electron chi connectivity index (χ1n) is 7.33. The number of carbonyl (C=O) groups excluding carboxylic acids is 3. The molecule has 0 aromatic heterocycles. The second-order valence-corrected chi connectivity index (χ2v) is 5.66. The number of hydrogen-bond acceptors (Lipinski definition) is 4. The molecule has 0 unspecified atom stereocenters. The van der Waals surface area contributed by atoms with E-state index in [1.807, 2.05) is 0 Å². The molecule has 0 aliphatic carbocycles. The van der Waals surface area contributed by atoms with Crippen molar-refractivity contribution in [3.05, 3.63) is 29.1 Å². The van der Waals surface area contributed by atoms with Crippen molar-refractivity contribution in [2.45, 2.75) is 13.0 Å². The maximum absolute atomic E-state index is 14.4. The van der Waals surface area contributed by atoms with Gasteiger partial charge in [-0.25, -0.2) is 9.18 Å². The van der Waals surface area contributed by atoms with Crippen molar-refractivity contribution in [2.24, 2.45) is 0 Å². The third-order valence-corrected chi connectivity index (χ3v) is 4.01.